The summed E-state index contributed by atoms with van der Waals surface area (Å²) >= 11 is 6.48. The number of benzene rings is 1. The Labute approximate surface area is 151 Å². The summed E-state index contributed by atoms with van der Waals surface area (Å²) in [5, 5.41) is 0. The fourth-order valence-electron chi connectivity index (χ4n) is 2.04. The highest BCUT2D eigenvalue weighted by atomic mass is 32.2. The maximum absolute atomic E-state index is 12.4. The van der Waals surface area contributed by atoms with Crippen molar-refractivity contribution < 1.29 is 14.3 Å². The molecule has 0 radical (unpaired) electrons. The van der Waals surface area contributed by atoms with Crippen molar-refractivity contribution in [1.82, 2.24) is 4.90 Å². The van der Waals surface area contributed by atoms with Crippen molar-refractivity contribution in [1.29, 1.82) is 0 Å². The fraction of sp³-hybridized carbons (Fsp3) is 0.278. The predicted octanol–water partition coefficient (Wildman–Crippen LogP) is 3.79. The van der Waals surface area contributed by atoms with Crippen LogP contribution < -0.4 is 0 Å². The monoisotopic (exact) mass is 361 g/mol. The first-order chi connectivity index (χ1) is 11.5. The average Bonchev–Trinajstić information content (AvgIpc) is 2.80. The fourth-order valence-corrected chi connectivity index (χ4v) is 3.30. The Morgan fingerprint density at radius 3 is 2.71 bits per heavy atom. The second-order valence-electron chi connectivity index (χ2n) is 5.41. The molecule has 24 heavy (non-hydrogen) atoms. The molecule has 0 saturated carbocycles. The van der Waals surface area contributed by atoms with Gasteiger partial charge in [0.05, 0.1) is 17.4 Å². The molecule has 6 heteroatoms. The maximum Gasteiger partial charge on any atom is 0.307 e. The van der Waals surface area contributed by atoms with Crippen molar-refractivity contribution in [2.45, 2.75) is 26.4 Å². The van der Waals surface area contributed by atoms with Gasteiger partial charge in [0.15, 0.2) is 0 Å². The summed E-state index contributed by atoms with van der Waals surface area (Å²) < 4.78 is 5.54. The normalized spacial score (nSPS) is 16.6. The Kier molecular flexibility index (Phi) is 6.75. The molecule has 1 aromatic rings. The van der Waals surface area contributed by atoms with Gasteiger partial charge in [-0.3, -0.25) is 14.5 Å². The van der Waals surface area contributed by atoms with Crippen LogP contribution in [0.25, 0.3) is 6.08 Å². The number of thiocarbonyl (C=S) groups is 1. The van der Waals surface area contributed by atoms with Crippen molar-refractivity contribution in [3.05, 3.63) is 53.0 Å². The molecule has 1 fully saturated rings. The molecule has 0 N–H and O–H groups in total. The summed E-state index contributed by atoms with van der Waals surface area (Å²) in [7, 11) is 0. The summed E-state index contributed by atoms with van der Waals surface area (Å²) in [4.78, 5) is 26.0. The first-order valence-corrected chi connectivity index (χ1v) is 8.86. The largest absolute Gasteiger partial charge is 0.463 e. The van der Waals surface area contributed by atoms with E-state index in [0.717, 1.165) is 5.56 Å². The lowest BCUT2D eigenvalue weighted by atomic mass is 10.2. The van der Waals surface area contributed by atoms with Crippen LogP contribution in [-0.4, -0.2) is 33.7 Å². The lowest BCUT2D eigenvalue weighted by Crippen LogP contribution is -2.31. The zero-order chi connectivity index (χ0) is 17.5. The van der Waals surface area contributed by atoms with E-state index in [4.69, 9.17) is 17.0 Å². The Morgan fingerprint density at radius 1 is 1.33 bits per heavy atom. The van der Waals surface area contributed by atoms with E-state index in [2.05, 4.69) is 0 Å². The number of amides is 1. The summed E-state index contributed by atoms with van der Waals surface area (Å²) in [5.74, 6) is -0.493. The molecule has 1 aliphatic rings. The molecule has 126 valence electrons. The van der Waals surface area contributed by atoms with E-state index >= 15 is 0 Å². The summed E-state index contributed by atoms with van der Waals surface area (Å²) in [5.41, 5.74) is 1.06. The average molecular weight is 361 g/mol. The third-order valence-corrected chi connectivity index (χ3v) is 4.51. The minimum absolute atomic E-state index is 0.137. The van der Waals surface area contributed by atoms with E-state index in [1.165, 1.54) is 16.7 Å². The van der Waals surface area contributed by atoms with Crippen LogP contribution in [0.4, 0.5) is 0 Å². The van der Waals surface area contributed by atoms with Crippen molar-refractivity contribution in [3.8, 4) is 0 Å². The van der Waals surface area contributed by atoms with Crippen LogP contribution in [0, 0.1) is 0 Å². The molecular formula is C18H19NO3S2. The highest BCUT2D eigenvalue weighted by Gasteiger charge is 2.31. The Balaban J connectivity index is 1.94. The lowest BCUT2D eigenvalue weighted by molar-refractivity contribution is -0.147. The number of esters is 1. The van der Waals surface area contributed by atoms with E-state index in [-0.39, 0.29) is 30.9 Å². The van der Waals surface area contributed by atoms with E-state index < -0.39 is 0 Å². The van der Waals surface area contributed by atoms with Crippen LogP contribution in [0.3, 0.4) is 0 Å². The molecule has 1 aromatic carbocycles. The minimum Gasteiger partial charge on any atom is -0.463 e. The number of thioether (sulfide) groups is 1. The molecule has 1 amide bonds. The number of hydrogen-bond acceptors (Lipinski definition) is 5. The lowest BCUT2D eigenvalue weighted by Gasteiger charge is -2.14. The Morgan fingerprint density at radius 2 is 2.04 bits per heavy atom. The standard InChI is InChI=1S/C18H19NO3S2/c1-13(2)22-16(20)11-12-19-17(21)15(24-18(19)23)10-6-9-14-7-4-3-5-8-14/h3-10,13H,11-12H2,1-2H3/b9-6+,15-10-. The van der Waals surface area contributed by atoms with Gasteiger partial charge in [0.1, 0.15) is 4.32 Å². The number of nitrogens with zero attached hydrogens (tertiary/aromatic N) is 1. The summed E-state index contributed by atoms with van der Waals surface area (Å²) in [6, 6.07) is 9.82. The van der Waals surface area contributed by atoms with E-state index in [1.807, 2.05) is 42.5 Å². The van der Waals surface area contributed by atoms with Crippen LogP contribution in [-0.2, 0) is 14.3 Å². The van der Waals surface area contributed by atoms with Crippen molar-refractivity contribution in [3.63, 3.8) is 0 Å². The van der Waals surface area contributed by atoms with Gasteiger partial charge in [-0.2, -0.15) is 0 Å². The van der Waals surface area contributed by atoms with E-state index in [9.17, 15) is 9.59 Å². The number of carbonyl (C=O) groups excluding carboxylic acids is 2. The molecule has 0 bridgehead atoms. The van der Waals surface area contributed by atoms with Crippen LogP contribution in [0.15, 0.2) is 47.4 Å². The van der Waals surface area contributed by atoms with E-state index in [1.54, 1.807) is 19.9 Å². The van der Waals surface area contributed by atoms with Gasteiger partial charge in [0, 0.05) is 6.54 Å². The molecule has 1 aliphatic heterocycles. The van der Waals surface area contributed by atoms with Gasteiger partial charge in [-0.1, -0.05) is 66.5 Å². The molecule has 0 aromatic heterocycles. The second-order valence-corrected chi connectivity index (χ2v) is 7.09. The van der Waals surface area contributed by atoms with Gasteiger partial charge in [-0.15, -0.1) is 0 Å². The highest BCUT2D eigenvalue weighted by molar-refractivity contribution is 8.26. The quantitative estimate of drug-likeness (QED) is 0.438. The van der Waals surface area contributed by atoms with Gasteiger partial charge >= 0.3 is 5.97 Å². The van der Waals surface area contributed by atoms with Gasteiger partial charge in [0.25, 0.3) is 5.91 Å². The first-order valence-electron chi connectivity index (χ1n) is 7.64. The number of carbonyl (C=O) groups is 2. The topological polar surface area (TPSA) is 46.6 Å². The van der Waals surface area contributed by atoms with Crippen molar-refractivity contribution in [2.75, 3.05) is 6.54 Å². The van der Waals surface area contributed by atoms with Crippen molar-refractivity contribution in [2.24, 2.45) is 0 Å². The Hall–Kier alpha value is -1.92. The number of rotatable bonds is 6. The third kappa shape index (κ3) is 5.32. The van der Waals surface area contributed by atoms with Crippen LogP contribution in [0.2, 0.25) is 0 Å². The van der Waals surface area contributed by atoms with Crippen molar-refractivity contribution >= 4 is 46.3 Å². The number of allylic oxidation sites excluding steroid dienone is 2. The molecule has 0 spiro atoms. The first kappa shape index (κ1) is 18.4. The van der Waals surface area contributed by atoms with Gasteiger partial charge in [-0.05, 0) is 25.5 Å². The predicted molar refractivity (Wildman–Crippen MR) is 101 cm³/mol. The maximum atomic E-state index is 12.4. The number of ether oxygens (including phenoxy) is 1. The molecule has 0 atom stereocenters. The minimum atomic E-state index is -0.327. The van der Waals surface area contributed by atoms with Gasteiger partial charge in [0.2, 0.25) is 0 Å². The Bertz CT molecular complexity index is 681. The van der Waals surface area contributed by atoms with E-state index in [0.29, 0.717) is 9.23 Å². The number of hydrogen-bond donors (Lipinski definition) is 0. The second kappa shape index (κ2) is 8.80. The molecule has 0 unspecified atom stereocenters. The summed E-state index contributed by atoms with van der Waals surface area (Å²) in [6.07, 6.45) is 5.48. The molecular weight excluding hydrogens is 342 g/mol. The highest BCUT2D eigenvalue weighted by Crippen LogP contribution is 2.31. The molecule has 2 rings (SSSR count). The van der Waals surface area contributed by atoms with Crippen LogP contribution in [0.1, 0.15) is 25.8 Å². The smallest absolute Gasteiger partial charge is 0.307 e. The molecule has 4 nitrogen and oxygen atoms in total. The molecule has 1 heterocycles. The SMILES string of the molecule is CC(C)OC(=O)CCN1C(=O)/C(=C/C=C/c2ccccc2)SC1=S. The zero-order valence-electron chi connectivity index (χ0n) is 13.6. The molecule has 1 saturated heterocycles. The van der Waals surface area contributed by atoms with Gasteiger partial charge < -0.3 is 4.74 Å². The summed E-state index contributed by atoms with van der Waals surface area (Å²) in [6.45, 7) is 3.83. The molecule has 0 aliphatic carbocycles. The third-order valence-electron chi connectivity index (χ3n) is 3.12. The van der Waals surface area contributed by atoms with Gasteiger partial charge in [-0.25, -0.2) is 0 Å². The zero-order valence-corrected chi connectivity index (χ0v) is 15.2. The van der Waals surface area contributed by atoms with Crippen LogP contribution >= 0.6 is 24.0 Å². The van der Waals surface area contributed by atoms with Crippen LogP contribution in [0.5, 0.6) is 0 Å².